The maximum Gasteiger partial charge on any atom is 0.318 e. The van der Waals surface area contributed by atoms with Crippen LogP contribution in [0.1, 0.15) is 20.8 Å². The molecular weight excluding hydrogens is 306 g/mol. The summed E-state index contributed by atoms with van der Waals surface area (Å²) in [6.07, 6.45) is 5.96. The lowest BCUT2D eigenvalue weighted by molar-refractivity contribution is -0.121. The van der Waals surface area contributed by atoms with E-state index in [0.717, 1.165) is 0 Å². The van der Waals surface area contributed by atoms with Gasteiger partial charge in [-0.05, 0) is 19.9 Å². The van der Waals surface area contributed by atoms with Gasteiger partial charge in [-0.15, -0.1) is 0 Å². The number of sulfonamides is 1. The molecule has 0 aromatic heterocycles. The van der Waals surface area contributed by atoms with E-state index in [2.05, 4.69) is 17.2 Å². The van der Waals surface area contributed by atoms with Gasteiger partial charge in [0.05, 0.1) is 11.2 Å². The average Bonchev–Trinajstić information content (AvgIpc) is 2.44. The van der Waals surface area contributed by atoms with Crippen molar-refractivity contribution in [2.24, 2.45) is 5.92 Å². The third-order valence-electron chi connectivity index (χ3n) is 2.70. The van der Waals surface area contributed by atoms with Gasteiger partial charge in [0.25, 0.3) is 0 Å². The second kappa shape index (κ2) is 9.04. The van der Waals surface area contributed by atoms with Crippen molar-refractivity contribution in [3.63, 3.8) is 0 Å². The Morgan fingerprint density at radius 1 is 1.18 bits per heavy atom. The predicted octanol–water partition coefficient (Wildman–Crippen LogP) is 1.03. The van der Waals surface area contributed by atoms with Crippen LogP contribution in [0.25, 0.3) is 0 Å². The number of hydrogen-bond acceptors (Lipinski definition) is 4. The van der Waals surface area contributed by atoms with E-state index in [4.69, 9.17) is 0 Å². The quantitative estimate of drug-likeness (QED) is 0.479. The van der Waals surface area contributed by atoms with Crippen LogP contribution in [0, 0.1) is 5.92 Å². The van der Waals surface area contributed by atoms with E-state index >= 15 is 0 Å². The van der Waals surface area contributed by atoms with Gasteiger partial charge in [0.1, 0.15) is 0 Å². The number of hydrogen-bond donors (Lipinski definition) is 3. The molecule has 0 radical (unpaired) electrons. The first-order chi connectivity index (χ1) is 10.1. The molecule has 0 spiro atoms. The molecule has 0 saturated heterocycles. The van der Waals surface area contributed by atoms with Crippen LogP contribution >= 0.6 is 0 Å². The predicted molar refractivity (Wildman–Crippen MR) is 86.4 cm³/mol. The molecule has 0 aromatic carbocycles. The first kappa shape index (κ1) is 19.9. The SMILES string of the molecule is C=C(/C=C\C(C)S(=O)(=O)NC(=O)C(C)/C=C\C)NC(=O)NC. The molecule has 8 heteroatoms. The Morgan fingerprint density at radius 2 is 1.77 bits per heavy atom. The van der Waals surface area contributed by atoms with E-state index in [1.165, 1.54) is 26.1 Å². The van der Waals surface area contributed by atoms with Gasteiger partial charge in [0, 0.05) is 12.7 Å². The van der Waals surface area contributed by atoms with Crippen LogP contribution < -0.4 is 15.4 Å². The van der Waals surface area contributed by atoms with E-state index in [1.54, 1.807) is 26.0 Å². The van der Waals surface area contributed by atoms with Crippen molar-refractivity contribution in [1.29, 1.82) is 0 Å². The minimum atomic E-state index is -3.84. The Balaban J connectivity index is 4.76. The Kier molecular flexibility index (Phi) is 8.18. The molecule has 0 heterocycles. The van der Waals surface area contributed by atoms with Gasteiger partial charge in [-0.3, -0.25) is 9.52 Å². The Morgan fingerprint density at radius 3 is 2.27 bits per heavy atom. The maximum absolute atomic E-state index is 12.0. The average molecular weight is 329 g/mol. The lowest BCUT2D eigenvalue weighted by Crippen LogP contribution is -2.38. The molecule has 124 valence electrons. The Bertz CT molecular complexity index is 579. The third kappa shape index (κ3) is 7.07. The summed E-state index contributed by atoms with van der Waals surface area (Å²) in [5.41, 5.74) is 0.231. The van der Waals surface area contributed by atoms with Crippen LogP contribution in [0.15, 0.2) is 36.6 Å². The highest BCUT2D eigenvalue weighted by Gasteiger charge is 2.22. The Labute approximate surface area is 131 Å². The second-order valence-corrected chi connectivity index (χ2v) is 6.66. The largest absolute Gasteiger partial charge is 0.341 e. The molecule has 0 aliphatic heterocycles. The number of carbonyl (C=O) groups is 2. The summed E-state index contributed by atoms with van der Waals surface area (Å²) >= 11 is 0. The number of allylic oxidation sites excluding steroid dienone is 2. The molecule has 0 aliphatic carbocycles. The molecule has 7 nitrogen and oxygen atoms in total. The molecular formula is C14H23N3O4S. The Hall–Kier alpha value is -2.09. The summed E-state index contributed by atoms with van der Waals surface area (Å²) in [5, 5.41) is 3.77. The summed E-state index contributed by atoms with van der Waals surface area (Å²) in [5.74, 6) is -1.14. The first-order valence-electron chi connectivity index (χ1n) is 6.68. The number of nitrogens with one attached hydrogen (secondary N) is 3. The summed E-state index contributed by atoms with van der Waals surface area (Å²) < 4.78 is 26.0. The van der Waals surface area contributed by atoms with Crippen LogP contribution in [0.3, 0.4) is 0 Å². The van der Waals surface area contributed by atoms with E-state index in [-0.39, 0.29) is 5.70 Å². The zero-order chi connectivity index (χ0) is 17.3. The highest BCUT2D eigenvalue weighted by atomic mass is 32.2. The molecule has 0 rings (SSSR count). The van der Waals surface area contributed by atoms with Gasteiger partial charge < -0.3 is 10.6 Å². The van der Waals surface area contributed by atoms with E-state index in [1.807, 2.05) is 4.72 Å². The number of rotatable bonds is 7. The topological polar surface area (TPSA) is 104 Å². The fourth-order valence-electron chi connectivity index (χ4n) is 1.31. The monoisotopic (exact) mass is 329 g/mol. The minimum Gasteiger partial charge on any atom is -0.341 e. The van der Waals surface area contributed by atoms with Crippen molar-refractivity contribution in [2.45, 2.75) is 26.0 Å². The van der Waals surface area contributed by atoms with Crippen molar-refractivity contribution in [2.75, 3.05) is 7.05 Å². The summed E-state index contributed by atoms with van der Waals surface area (Å²) in [6.45, 7) is 8.32. The van der Waals surface area contributed by atoms with Crippen molar-refractivity contribution >= 4 is 22.0 Å². The van der Waals surface area contributed by atoms with Crippen LogP contribution in [-0.4, -0.2) is 32.7 Å². The highest BCUT2D eigenvalue weighted by molar-refractivity contribution is 7.90. The molecule has 0 saturated carbocycles. The normalized spacial score (nSPS) is 14.5. The number of amides is 3. The van der Waals surface area contributed by atoms with Gasteiger partial charge in [-0.2, -0.15) is 0 Å². The summed E-state index contributed by atoms with van der Waals surface area (Å²) in [7, 11) is -2.40. The van der Waals surface area contributed by atoms with Crippen LogP contribution in [0.2, 0.25) is 0 Å². The van der Waals surface area contributed by atoms with E-state index in [9.17, 15) is 18.0 Å². The van der Waals surface area contributed by atoms with Gasteiger partial charge in [-0.1, -0.05) is 31.7 Å². The lowest BCUT2D eigenvalue weighted by atomic mass is 10.1. The minimum absolute atomic E-state index is 0.231. The van der Waals surface area contributed by atoms with Crippen molar-refractivity contribution in [3.8, 4) is 0 Å². The van der Waals surface area contributed by atoms with Crippen molar-refractivity contribution < 1.29 is 18.0 Å². The van der Waals surface area contributed by atoms with Crippen molar-refractivity contribution in [3.05, 3.63) is 36.6 Å². The molecule has 0 fully saturated rings. The first-order valence-corrected chi connectivity index (χ1v) is 8.22. The number of urea groups is 1. The second-order valence-electron chi connectivity index (χ2n) is 4.62. The number of carbonyl (C=O) groups excluding carboxylic acids is 2. The molecule has 3 amide bonds. The zero-order valence-corrected chi connectivity index (χ0v) is 14.0. The van der Waals surface area contributed by atoms with Crippen molar-refractivity contribution in [1.82, 2.24) is 15.4 Å². The molecule has 3 N–H and O–H groups in total. The molecule has 0 aromatic rings. The third-order valence-corrected chi connectivity index (χ3v) is 4.32. The van der Waals surface area contributed by atoms with Crippen LogP contribution in [0.5, 0.6) is 0 Å². The zero-order valence-electron chi connectivity index (χ0n) is 13.2. The summed E-state index contributed by atoms with van der Waals surface area (Å²) in [6, 6.07) is -0.460. The molecule has 0 bridgehead atoms. The van der Waals surface area contributed by atoms with E-state index < -0.39 is 33.1 Å². The maximum atomic E-state index is 12.0. The highest BCUT2D eigenvalue weighted by Crippen LogP contribution is 2.05. The van der Waals surface area contributed by atoms with Gasteiger partial charge in [0.15, 0.2) is 0 Å². The fourth-order valence-corrected chi connectivity index (χ4v) is 2.24. The van der Waals surface area contributed by atoms with Crippen LogP contribution in [-0.2, 0) is 14.8 Å². The van der Waals surface area contributed by atoms with E-state index in [0.29, 0.717) is 0 Å². The fraction of sp³-hybridized carbons (Fsp3) is 0.429. The molecule has 0 aliphatic rings. The lowest BCUT2D eigenvalue weighted by Gasteiger charge is -2.13. The smallest absolute Gasteiger partial charge is 0.318 e. The molecule has 2 unspecified atom stereocenters. The summed E-state index contributed by atoms with van der Waals surface area (Å²) in [4.78, 5) is 22.8. The van der Waals surface area contributed by atoms with Gasteiger partial charge in [0.2, 0.25) is 15.9 Å². The van der Waals surface area contributed by atoms with Gasteiger partial charge >= 0.3 is 6.03 Å². The standard InChI is InChI=1S/C14H23N3O4S/c1-6-7-10(2)13(18)17-22(20,21)12(4)9-8-11(3)16-14(19)15-5/h6-10,12H,3H2,1-2,4-5H3,(H,17,18)(H2,15,16,19)/b7-6-,9-8-. The molecule has 22 heavy (non-hydrogen) atoms. The van der Waals surface area contributed by atoms with Gasteiger partial charge in [-0.25, -0.2) is 13.2 Å². The van der Waals surface area contributed by atoms with Crippen LogP contribution in [0.4, 0.5) is 4.79 Å². The molecule has 2 atom stereocenters.